The first-order chi connectivity index (χ1) is 12.1. The first-order valence-electron chi connectivity index (χ1n) is 9.07. The number of aromatic nitrogens is 3. The van der Waals surface area contributed by atoms with Gasteiger partial charge in [0.1, 0.15) is 5.75 Å². The highest BCUT2D eigenvalue weighted by Crippen LogP contribution is 2.41. The summed E-state index contributed by atoms with van der Waals surface area (Å²) in [6.45, 7) is 3.99. The Hall–Kier alpha value is -2.37. The molecule has 1 aromatic carbocycles. The maximum atomic E-state index is 13.0. The second kappa shape index (κ2) is 6.50. The molecule has 2 saturated heterocycles. The van der Waals surface area contributed by atoms with Gasteiger partial charge in [0.05, 0.1) is 24.5 Å². The van der Waals surface area contributed by atoms with E-state index in [0.717, 1.165) is 37.0 Å². The number of benzene rings is 1. The number of rotatable bonds is 4. The van der Waals surface area contributed by atoms with Crippen LogP contribution in [0.4, 0.5) is 0 Å². The van der Waals surface area contributed by atoms with Gasteiger partial charge in [-0.15, -0.1) is 0 Å². The summed E-state index contributed by atoms with van der Waals surface area (Å²) in [5.74, 6) is 0.938. The van der Waals surface area contributed by atoms with Crippen molar-refractivity contribution in [2.24, 2.45) is 0 Å². The zero-order chi connectivity index (χ0) is 17.4. The zero-order valence-electron chi connectivity index (χ0n) is 14.7. The van der Waals surface area contributed by atoms with E-state index in [-0.39, 0.29) is 24.1 Å². The number of carbonyl (C=O) groups excluding carboxylic acids is 1. The number of nitrogens with zero attached hydrogens (tertiary/aromatic N) is 4. The van der Waals surface area contributed by atoms with Crippen LogP contribution < -0.4 is 4.74 Å². The topological polar surface area (TPSA) is 60.2 Å². The van der Waals surface area contributed by atoms with Gasteiger partial charge < -0.3 is 9.64 Å². The van der Waals surface area contributed by atoms with E-state index in [9.17, 15) is 4.79 Å². The number of hydrogen-bond acceptors (Lipinski definition) is 4. The number of piperidine rings is 1. The second-order valence-electron chi connectivity index (χ2n) is 7.26. The fraction of sp³-hybridized carbons (Fsp3) is 0.526. The van der Waals surface area contributed by atoms with Crippen LogP contribution in [0.2, 0.25) is 0 Å². The zero-order valence-corrected chi connectivity index (χ0v) is 14.7. The quantitative estimate of drug-likeness (QED) is 0.858. The van der Waals surface area contributed by atoms with E-state index in [1.54, 1.807) is 12.4 Å². The molecule has 2 bridgehead atoms. The minimum Gasteiger partial charge on any atom is -0.491 e. The average molecular weight is 340 g/mol. The SMILES string of the molecule is CC(C)Oc1ccc(C(=O)N2[C@H]3CC[C@H]2CC(n2nccn2)C3)cc1. The van der Waals surface area contributed by atoms with Crippen LogP contribution in [0.3, 0.4) is 0 Å². The van der Waals surface area contributed by atoms with Crippen molar-refractivity contribution in [3.63, 3.8) is 0 Å². The third-order valence-electron chi connectivity index (χ3n) is 5.18. The molecular formula is C19H24N4O2. The number of amides is 1. The molecule has 4 rings (SSSR count). The molecule has 1 aromatic heterocycles. The number of hydrogen-bond donors (Lipinski definition) is 0. The van der Waals surface area contributed by atoms with Gasteiger partial charge in [0.15, 0.2) is 0 Å². The fourth-order valence-electron chi connectivity index (χ4n) is 4.18. The lowest BCUT2D eigenvalue weighted by molar-refractivity contribution is 0.0512. The van der Waals surface area contributed by atoms with E-state index in [4.69, 9.17) is 4.74 Å². The Morgan fingerprint density at radius 2 is 1.64 bits per heavy atom. The van der Waals surface area contributed by atoms with Gasteiger partial charge in [-0.2, -0.15) is 15.0 Å². The monoisotopic (exact) mass is 340 g/mol. The molecule has 132 valence electrons. The Bertz CT molecular complexity index is 712. The van der Waals surface area contributed by atoms with E-state index in [2.05, 4.69) is 15.1 Å². The molecule has 2 aliphatic heterocycles. The maximum Gasteiger partial charge on any atom is 0.254 e. The molecule has 0 N–H and O–H groups in total. The first-order valence-corrected chi connectivity index (χ1v) is 9.07. The lowest BCUT2D eigenvalue weighted by Crippen LogP contribution is -2.47. The third-order valence-corrected chi connectivity index (χ3v) is 5.18. The van der Waals surface area contributed by atoms with Crippen molar-refractivity contribution < 1.29 is 9.53 Å². The minimum absolute atomic E-state index is 0.132. The molecule has 0 saturated carbocycles. The number of ether oxygens (including phenoxy) is 1. The fourth-order valence-corrected chi connectivity index (χ4v) is 4.18. The highest BCUT2D eigenvalue weighted by molar-refractivity contribution is 5.95. The van der Waals surface area contributed by atoms with E-state index < -0.39 is 0 Å². The van der Waals surface area contributed by atoms with E-state index >= 15 is 0 Å². The molecule has 2 aliphatic rings. The highest BCUT2D eigenvalue weighted by atomic mass is 16.5. The van der Waals surface area contributed by atoms with Gasteiger partial charge in [-0.25, -0.2) is 0 Å². The summed E-state index contributed by atoms with van der Waals surface area (Å²) in [5, 5.41) is 8.57. The molecule has 0 spiro atoms. The van der Waals surface area contributed by atoms with Crippen molar-refractivity contribution >= 4 is 5.91 Å². The molecule has 6 heteroatoms. The molecule has 0 unspecified atom stereocenters. The second-order valence-corrected chi connectivity index (χ2v) is 7.26. The van der Waals surface area contributed by atoms with E-state index in [1.165, 1.54) is 0 Å². The van der Waals surface area contributed by atoms with Gasteiger partial charge in [-0.05, 0) is 63.8 Å². The predicted octanol–water partition coefficient (Wildman–Crippen LogP) is 3.07. The van der Waals surface area contributed by atoms with Crippen LogP contribution in [0, 0.1) is 0 Å². The van der Waals surface area contributed by atoms with E-state index in [0.29, 0.717) is 6.04 Å². The average Bonchev–Trinajstić information content (AvgIpc) is 3.21. The molecule has 6 nitrogen and oxygen atoms in total. The van der Waals surface area contributed by atoms with Crippen LogP contribution in [0.15, 0.2) is 36.7 Å². The Kier molecular flexibility index (Phi) is 4.19. The lowest BCUT2D eigenvalue weighted by Gasteiger charge is -2.38. The van der Waals surface area contributed by atoms with Crippen molar-refractivity contribution in [3.05, 3.63) is 42.2 Å². The predicted molar refractivity (Wildman–Crippen MR) is 93.5 cm³/mol. The molecule has 2 aromatic rings. The summed E-state index contributed by atoms with van der Waals surface area (Å²) >= 11 is 0. The Morgan fingerprint density at radius 1 is 1.04 bits per heavy atom. The van der Waals surface area contributed by atoms with Crippen molar-refractivity contribution in [2.75, 3.05) is 0 Å². The van der Waals surface area contributed by atoms with Crippen molar-refractivity contribution in [1.29, 1.82) is 0 Å². The Balaban J connectivity index is 1.48. The molecule has 1 amide bonds. The Morgan fingerprint density at radius 3 is 2.20 bits per heavy atom. The van der Waals surface area contributed by atoms with Gasteiger partial charge in [0.2, 0.25) is 0 Å². The standard InChI is InChI=1S/C19H24N4O2/c1-13(2)25-18-7-3-14(4-8-18)19(24)22-15-5-6-16(22)12-17(11-15)23-20-9-10-21-23/h3-4,7-10,13,15-17H,5-6,11-12H2,1-2H3/t15-,16-/m0/s1. The van der Waals surface area contributed by atoms with Gasteiger partial charge in [-0.1, -0.05) is 0 Å². The summed E-state index contributed by atoms with van der Waals surface area (Å²) in [4.78, 5) is 16.9. The summed E-state index contributed by atoms with van der Waals surface area (Å²) in [6.07, 6.45) is 7.59. The van der Waals surface area contributed by atoms with Gasteiger partial charge in [0.25, 0.3) is 5.91 Å². The maximum absolute atomic E-state index is 13.0. The van der Waals surface area contributed by atoms with Crippen molar-refractivity contribution in [2.45, 2.75) is 63.8 Å². The molecular weight excluding hydrogens is 316 g/mol. The normalized spacial score (nSPS) is 25.4. The smallest absolute Gasteiger partial charge is 0.254 e. The van der Waals surface area contributed by atoms with Crippen LogP contribution >= 0.6 is 0 Å². The van der Waals surface area contributed by atoms with Crippen molar-refractivity contribution in [1.82, 2.24) is 19.9 Å². The molecule has 3 heterocycles. The molecule has 2 fully saturated rings. The molecule has 0 aliphatic carbocycles. The summed E-state index contributed by atoms with van der Waals surface area (Å²) in [5.41, 5.74) is 0.740. The molecule has 2 atom stereocenters. The summed E-state index contributed by atoms with van der Waals surface area (Å²) in [7, 11) is 0. The number of fused-ring (bicyclic) bond motifs is 2. The molecule has 25 heavy (non-hydrogen) atoms. The van der Waals surface area contributed by atoms with Crippen LogP contribution in [-0.4, -0.2) is 44.0 Å². The van der Waals surface area contributed by atoms with Crippen LogP contribution in [0.5, 0.6) is 5.75 Å². The summed E-state index contributed by atoms with van der Waals surface area (Å²) in [6, 6.07) is 8.40. The Labute approximate surface area is 147 Å². The van der Waals surface area contributed by atoms with Gasteiger partial charge >= 0.3 is 0 Å². The largest absolute Gasteiger partial charge is 0.491 e. The van der Waals surface area contributed by atoms with Gasteiger partial charge in [0, 0.05) is 17.6 Å². The van der Waals surface area contributed by atoms with Crippen LogP contribution in [-0.2, 0) is 0 Å². The van der Waals surface area contributed by atoms with Crippen LogP contribution in [0.25, 0.3) is 0 Å². The van der Waals surface area contributed by atoms with Crippen LogP contribution in [0.1, 0.15) is 55.9 Å². The minimum atomic E-state index is 0.132. The van der Waals surface area contributed by atoms with Gasteiger partial charge in [-0.3, -0.25) is 4.79 Å². The summed E-state index contributed by atoms with van der Waals surface area (Å²) < 4.78 is 5.66. The highest BCUT2D eigenvalue weighted by Gasteiger charge is 2.44. The number of carbonyl (C=O) groups is 1. The molecule has 0 radical (unpaired) electrons. The van der Waals surface area contributed by atoms with Crippen molar-refractivity contribution in [3.8, 4) is 5.75 Å². The third kappa shape index (κ3) is 3.13. The van der Waals surface area contributed by atoms with E-state index in [1.807, 2.05) is 42.9 Å². The lowest BCUT2D eigenvalue weighted by atomic mass is 9.96. The first kappa shape index (κ1) is 16.1.